The first kappa shape index (κ1) is 11.5. The van der Waals surface area contributed by atoms with Crippen LogP contribution in [0.5, 0.6) is 0 Å². The van der Waals surface area contributed by atoms with E-state index >= 15 is 0 Å². The Bertz CT molecular complexity index is 792. The average molecular weight is 272 g/mol. The molecule has 1 aromatic heterocycles. The number of aromatic nitrogens is 2. The predicted molar refractivity (Wildman–Crippen MR) is 69.0 cm³/mol. The van der Waals surface area contributed by atoms with Crippen LogP contribution in [0.15, 0.2) is 42.5 Å². The molecule has 2 heterocycles. The molecule has 1 unspecified atom stereocenters. The maximum atomic E-state index is 13.9. The highest BCUT2D eigenvalue weighted by Crippen LogP contribution is 2.35. The third-order valence-corrected chi connectivity index (χ3v) is 3.52. The molecule has 0 saturated heterocycles. The van der Waals surface area contributed by atoms with Crippen LogP contribution in [0.25, 0.3) is 11.0 Å². The van der Waals surface area contributed by atoms with E-state index in [1.807, 2.05) is 24.3 Å². The van der Waals surface area contributed by atoms with Crippen LogP contribution in [0.4, 0.5) is 8.78 Å². The summed E-state index contributed by atoms with van der Waals surface area (Å²) in [5, 5.41) is 0. The van der Waals surface area contributed by atoms with Gasteiger partial charge in [0.1, 0.15) is 24.1 Å². The van der Waals surface area contributed by atoms with Gasteiger partial charge in [0.25, 0.3) is 0 Å². The fraction of sp³-hybridized carbons (Fsp3) is 0.133. The third-order valence-electron chi connectivity index (χ3n) is 3.52. The summed E-state index contributed by atoms with van der Waals surface area (Å²) in [4.78, 5) is 4.42. The molecule has 0 N–H and O–H groups in total. The van der Waals surface area contributed by atoms with E-state index in [4.69, 9.17) is 4.74 Å². The second-order valence-corrected chi connectivity index (χ2v) is 4.69. The van der Waals surface area contributed by atoms with E-state index < -0.39 is 17.9 Å². The predicted octanol–water partition coefficient (Wildman–Crippen LogP) is 3.39. The molecule has 20 heavy (non-hydrogen) atoms. The lowest BCUT2D eigenvalue weighted by atomic mass is 10.1. The van der Waals surface area contributed by atoms with Gasteiger partial charge in [-0.1, -0.05) is 18.2 Å². The molecule has 0 aliphatic carbocycles. The van der Waals surface area contributed by atoms with E-state index in [0.717, 1.165) is 11.0 Å². The van der Waals surface area contributed by atoms with Gasteiger partial charge in [-0.3, -0.25) is 4.57 Å². The van der Waals surface area contributed by atoms with Crippen molar-refractivity contribution in [3.63, 3.8) is 0 Å². The number of halogens is 2. The Hall–Kier alpha value is -2.27. The van der Waals surface area contributed by atoms with Crippen molar-refractivity contribution in [3.05, 3.63) is 65.5 Å². The minimum absolute atomic E-state index is 0.0746. The Morgan fingerprint density at radius 3 is 2.60 bits per heavy atom. The van der Waals surface area contributed by atoms with Crippen molar-refractivity contribution in [2.24, 2.45) is 0 Å². The molecule has 100 valence electrons. The lowest BCUT2D eigenvalue weighted by molar-refractivity contribution is 0.0590. The Balaban J connectivity index is 1.97. The summed E-state index contributed by atoms with van der Waals surface area (Å²) in [5.74, 6) is -0.542. The van der Waals surface area contributed by atoms with E-state index in [2.05, 4.69) is 4.98 Å². The molecule has 1 aliphatic heterocycles. The van der Waals surface area contributed by atoms with Crippen molar-refractivity contribution in [2.45, 2.75) is 12.8 Å². The third kappa shape index (κ3) is 1.50. The van der Waals surface area contributed by atoms with Gasteiger partial charge in [-0.2, -0.15) is 0 Å². The van der Waals surface area contributed by atoms with Crippen LogP contribution in [0, 0.1) is 11.6 Å². The van der Waals surface area contributed by atoms with Crippen LogP contribution in [-0.2, 0) is 11.3 Å². The zero-order valence-electron chi connectivity index (χ0n) is 10.4. The van der Waals surface area contributed by atoms with Gasteiger partial charge in [0, 0.05) is 0 Å². The van der Waals surface area contributed by atoms with Crippen LogP contribution < -0.4 is 0 Å². The molecule has 2 aromatic carbocycles. The van der Waals surface area contributed by atoms with Gasteiger partial charge in [0.2, 0.25) is 0 Å². The number of benzene rings is 2. The van der Waals surface area contributed by atoms with Crippen molar-refractivity contribution < 1.29 is 13.5 Å². The molecule has 0 spiro atoms. The number of hydrogen-bond donors (Lipinski definition) is 0. The number of imidazole rings is 1. The SMILES string of the molecule is Fc1cccc(F)c1C1OCc2nc3ccccc3n21. The first-order valence-corrected chi connectivity index (χ1v) is 6.27. The molecular formula is C15H10F2N2O. The quantitative estimate of drug-likeness (QED) is 0.679. The maximum Gasteiger partial charge on any atom is 0.168 e. The summed E-state index contributed by atoms with van der Waals surface area (Å²) in [6, 6.07) is 11.3. The Kier molecular flexibility index (Phi) is 2.37. The number of fused-ring (bicyclic) bond motifs is 3. The van der Waals surface area contributed by atoms with Crippen molar-refractivity contribution in [1.29, 1.82) is 0 Å². The van der Waals surface area contributed by atoms with Crippen molar-refractivity contribution in [1.82, 2.24) is 9.55 Å². The molecule has 1 atom stereocenters. The molecule has 0 bridgehead atoms. The highest BCUT2D eigenvalue weighted by molar-refractivity contribution is 5.76. The molecular weight excluding hydrogens is 262 g/mol. The van der Waals surface area contributed by atoms with E-state index in [1.54, 1.807) is 4.57 Å². The summed E-state index contributed by atoms with van der Waals surface area (Å²) in [6.45, 7) is 0.243. The van der Waals surface area contributed by atoms with E-state index in [9.17, 15) is 8.78 Å². The van der Waals surface area contributed by atoms with E-state index in [-0.39, 0.29) is 12.2 Å². The monoisotopic (exact) mass is 272 g/mol. The molecule has 0 amide bonds. The van der Waals surface area contributed by atoms with Crippen LogP contribution in [0.1, 0.15) is 17.6 Å². The second-order valence-electron chi connectivity index (χ2n) is 4.69. The summed E-state index contributed by atoms with van der Waals surface area (Å²) >= 11 is 0. The van der Waals surface area contributed by atoms with Gasteiger partial charge in [0.15, 0.2) is 6.23 Å². The first-order chi connectivity index (χ1) is 9.75. The average Bonchev–Trinajstić information content (AvgIpc) is 2.98. The molecule has 5 heteroatoms. The van der Waals surface area contributed by atoms with Gasteiger partial charge in [-0.05, 0) is 24.3 Å². The number of ether oxygens (including phenoxy) is 1. The number of rotatable bonds is 1. The molecule has 0 saturated carbocycles. The first-order valence-electron chi connectivity index (χ1n) is 6.27. The summed E-state index contributed by atoms with van der Waals surface area (Å²) < 4.78 is 35.2. The standard InChI is InChI=1S/C15H10F2N2O/c16-9-4-3-5-10(17)14(9)15-19-12-7-2-1-6-11(12)18-13(19)8-20-15/h1-7,15H,8H2. The topological polar surface area (TPSA) is 27.1 Å². The second kappa shape index (κ2) is 4.11. The van der Waals surface area contributed by atoms with Crippen molar-refractivity contribution in [2.75, 3.05) is 0 Å². The van der Waals surface area contributed by atoms with Crippen molar-refractivity contribution in [3.8, 4) is 0 Å². The Morgan fingerprint density at radius 2 is 1.80 bits per heavy atom. The van der Waals surface area contributed by atoms with Crippen molar-refractivity contribution >= 4 is 11.0 Å². The van der Waals surface area contributed by atoms with Gasteiger partial charge in [0.05, 0.1) is 16.6 Å². The van der Waals surface area contributed by atoms with Crippen LogP contribution in [0.2, 0.25) is 0 Å². The number of para-hydroxylation sites is 2. The molecule has 4 rings (SSSR count). The van der Waals surface area contributed by atoms with Crippen LogP contribution >= 0.6 is 0 Å². The molecule has 1 aliphatic rings. The highest BCUT2D eigenvalue weighted by Gasteiger charge is 2.31. The van der Waals surface area contributed by atoms with Gasteiger partial charge in [-0.15, -0.1) is 0 Å². The fourth-order valence-electron chi connectivity index (χ4n) is 2.64. The summed E-state index contributed by atoms with van der Waals surface area (Å²) in [5.41, 5.74) is 1.54. The molecule has 3 nitrogen and oxygen atoms in total. The Morgan fingerprint density at radius 1 is 1.05 bits per heavy atom. The number of hydrogen-bond acceptors (Lipinski definition) is 2. The van der Waals surface area contributed by atoms with Gasteiger partial charge in [-0.25, -0.2) is 13.8 Å². The van der Waals surface area contributed by atoms with Crippen LogP contribution in [0.3, 0.4) is 0 Å². The lowest BCUT2D eigenvalue weighted by Gasteiger charge is -2.15. The smallest absolute Gasteiger partial charge is 0.168 e. The van der Waals surface area contributed by atoms with Gasteiger partial charge >= 0.3 is 0 Å². The normalized spacial score (nSPS) is 17.6. The maximum absolute atomic E-state index is 13.9. The summed E-state index contributed by atoms with van der Waals surface area (Å²) in [7, 11) is 0. The zero-order chi connectivity index (χ0) is 13.7. The van der Waals surface area contributed by atoms with E-state index in [1.165, 1.54) is 18.2 Å². The summed E-state index contributed by atoms with van der Waals surface area (Å²) in [6.07, 6.45) is -0.807. The fourth-order valence-corrected chi connectivity index (χ4v) is 2.64. The molecule has 0 radical (unpaired) electrons. The zero-order valence-corrected chi connectivity index (χ0v) is 10.4. The number of nitrogens with zero attached hydrogens (tertiary/aromatic N) is 2. The van der Waals surface area contributed by atoms with E-state index in [0.29, 0.717) is 5.82 Å². The molecule has 0 fully saturated rings. The largest absolute Gasteiger partial charge is 0.345 e. The minimum atomic E-state index is -0.807. The Labute approximate surface area is 113 Å². The van der Waals surface area contributed by atoms with Crippen LogP contribution in [-0.4, -0.2) is 9.55 Å². The highest BCUT2D eigenvalue weighted by atomic mass is 19.1. The van der Waals surface area contributed by atoms with Gasteiger partial charge < -0.3 is 4.74 Å². The minimum Gasteiger partial charge on any atom is -0.345 e. The molecule has 3 aromatic rings. The lowest BCUT2D eigenvalue weighted by Crippen LogP contribution is -2.11.